The van der Waals surface area contributed by atoms with E-state index in [1.54, 1.807) is 0 Å². The van der Waals surface area contributed by atoms with Crippen LogP contribution in [-0.4, -0.2) is 12.2 Å². The molecule has 0 saturated heterocycles. The molecule has 0 unspecified atom stereocenters. The summed E-state index contributed by atoms with van der Waals surface area (Å²) in [5.41, 5.74) is -2.41. The third-order valence-corrected chi connectivity index (χ3v) is 2.16. The molecule has 0 aromatic carbocycles. The van der Waals surface area contributed by atoms with Crippen molar-refractivity contribution < 1.29 is 52.8 Å². The minimum Gasteiger partial charge on any atom is -1.00 e. The molecule has 0 spiro atoms. The molecule has 0 saturated carbocycles. The summed E-state index contributed by atoms with van der Waals surface area (Å²) in [6.07, 6.45) is 0. The number of rotatable bonds is 0. The van der Waals surface area contributed by atoms with Gasteiger partial charge in [-0.15, -0.1) is 0 Å². The average Bonchev–Trinajstić information content (AvgIpc) is 1.97. The Morgan fingerprint density at radius 1 is 1.08 bits per heavy atom. The van der Waals surface area contributed by atoms with Crippen molar-refractivity contribution in [3.63, 3.8) is 0 Å². The fraction of sp³-hybridized carbons (Fsp3) is 0. The van der Waals surface area contributed by atoms with E-state index in [1.807, 2.05) is 4.98 Å². The largest absolute Gasteiger partial charge is 1.00 e. The second-order valence-electron chi connectivity index (χ2n) is 1.58. The molecule has 0 bridgehead atoms. The van der Waals surface area contributed by atoms with Crippen LogP contribution in [0.4, 0.5) is 0 Å². The zero-order valence-corrected chi connectivity index (χ0v) is 12.2. The summed E-state index contributed by atoms with van der Waals surface area (Å²) in [6.45, 7) is 0. The standard InChI is InChI=1S/C3HBr2N3O3.K.H/c4-7-1(9)6-2(10)8(5)3(7)11;;/h(H,6,9,10);;/q;+1;-1. The molecule has 0 aliphatic rings. The van der Waals surface area contributed by atoms with Gasteiger partial charge in [-0.25, -0.2) is 14.4 Å². The van der Waals surface area contributed by atoms with Crippen molar-refractivity contribution in [1.82, 2.24) is 12.2 Å². The van der Waals surface area contributed by atoms with Crippen LogP contribution in [0.1, 0.15) is 1.43 Å². The molecule has 62 valence electrons. The Morgan fingerprint density at radius 2 is 1.42 bits per heavy atom. The van der Waals surface area contributed by atoms with E-state index in [2.05, 4.69) is 32.3 Å². The molecule has 0 fully saturated rings. The van der Waals surface area contributed by atoms with Crippen molar-refractivity contribution in [3.05, 3.63) is 31.5 Å². The molecule has 0 radical (unpaired) electrons. The second kappa shape index (κ2) is 5.03. The van der Waals surface area contributed by atoms with E-state index in [0.29, 0.717) is 7.19 Å². The third-order valence-electron chi connectivity index (χ3n) is 0.906. The van der Waals surface area contributed by atoms with Gasteiger partial charge in [-0.05, 0) is 0 Å². The van der Waals surface area contributed by atoms with Crippen LogP contribution in [0.2, 0.25) is 0 Å². The molecule has 6 nitrogen and oxygen atoms in total. The summed E-state index contributed by atoms with van der Waals surface area (Å²) in [5, 5.41) is 0. The zero-order valence-electron chi connectivity index (χ0n) is 6.88. The van der Waals surface area contributed by atoms with Crippen LogP contribution in [-0.2, 0) is 0 Å². The van der Waals surface area contributed by atoms with Crippen LogP contribution in [0.5, 0.6) is 0 Å². The van der Waals surface area contributed by atoms with Crippen LogP contribution in [0.3, 0.4) is 0 Å². The van der Waals surface area contributed by atoms with Gasteiger partial charge in [-0.3, -0.25) is 4.98 Å². The number of H-pyrrole nitrogens is 1. The van der Waals surface area contributed by atoms with Gasteiger partial charge < -0.3 is 1.43 Å². The third kappa shape index (κ3) is 2.50. The molecule has 1 aromatic rings. The van der Waals surface area contributed by atoms with Gasteiger partial charge in [0.05, 0.1) is 32.3 Å². The van der Waals surface area contributed by atoms with Gasteiger partial charge in [-0.2, -0.15) is 7.19 Å². The number of aromatic amines is 1. The van der Waals surface area contributed by atoms with Crippen molar-refractivity contribution in [3.8, 4) is 0 Å². The summed E-state index contributed by atoms with van der Waals surface area (Å²) in [7, 11) is 0. The maximum absolute atomic E-state index is 10.8. The molecule has 1 rings (SSSR count). The summed E-state index contributed by atoms with van der Waals surface area (Å²) >= 11 is 5.27. The minimum atomic E-state index is -0.810. The molecular formula is C3H2Br2KN3O3. The van der Waals surface area contributed by atoms with E-state index in [9.17, 15) is 14.4 Å². The summed E-state index contributed by atoms with van der Waals surface area (Å²) in [4.78, 5) is 34.0. The van der Waals surface area contributed by atoms with Crippen molar-refractivity contribution in [2.24, 2.45) is 0 Å². The van der Waals surface area contributed by atoms with E-state index in [1.165, 1.54) is 0 Å². The number of aromatic nitrogens is 3. The molecule has 1 N–H and O–H groups in total. The van der Waals surface area contributed by atoms with E-state index in [-0.39, 0.29) is 52.8 Å². The molecule has 0 aliphatic heterocycles. The van der Waals surface area contributed by atoms with Crippen LogP contribution in [0.15, 0.2) is 14.4 Å². The fourth-order valence-corrected chi connectivity index (χ4v) is 1.15. The summed E-state index contributed by atoms with van der Waals surface area (Å²) < 4.78 is 1.17. The van der Waals surface area contributed by atoms with E-state index in [4.69, 9.17) is 0 Å². The predicted molar refractivity (Wildman–Crippen MR) is 45.3 cm³/mol. The SMILES string of the molecule is O=c1[nH]c(=O)n(Br)c(=O)n1Br.[H-].[K+]. The normalized spacial score (nSPS) is 9.17. The van der Waals surface area contributed by atoms with Crippen molar-refractivity contribution in [1.29, 1.82) is 0 Å². The number of nitrogens with zero attached hydrogens (tertiary/aromatic N) is 2. The fourth-order valence-electron chi connectivity index (χ4n) is 0.440. The molecular weight excluding hydrogens is 325 g/mol. The van der Waals surface area contributed by atoms with Crippen LogP contribution < -0.4 is 68.5 Å². The Hall–Kier alpha value is 1.01. The summed E-state index contributed by atoms with van der Waals surface area (Å²) in [5.74, 6) is 0. The van der Waals surface area contributed by atoms with Crippen LogP contribution >= 0.6 is 32.3 Å². The first-order valence-electron chi connectivity index (χ1n) is 2.34. The molecule has 12 heavy (non-hydrogen) atoms. The molecule has 0 aliphatic carbocycles. The molecule has 0 amide bonds. The number of hydrogen-bond donors (Lipinski definition) is 1. The van der Waals surface area contributed by atoms with E-state index < -0.39 is 17.1 Å². The quantitative estimate of drug-likeness (QED) is 0.496. The number of hydrogen-bond acceptors (Lipinski definition) is 3. The molecule has 9 heteroatoms. The van der Waals surface area contributed by atoms with Gasteiger partial charge in [0.25, 0.3) is 0 Å². The second-order valence-corrected chi connectivity index (χ2v) is 3.00. The molecule has 0 atom stereocenters. The maximum Gasteiger partial charge on any atom is 1.00 e. The number of halogens is 2. The van der Waals surface area contributed by atoms with Crippen molar-refractivity contribution in [2.75, 3.05) is 0 Å². The summed E-state index contributed by atoms with van der Waals surface area (Å²) in [6, 6.07) is 0. The first-order valence-corrected chi connectivity index (χ1v) is 3.76. The van der Waals surface area contributed by atoms with Crippen LogP contribution in [0, 0.1) is 0 Å². The van der Waals surface area contributed by atoms with Gasteiger partial charge in [0.2, 0.25) is 0 Å². The Morgan fingerprint density at radius 3 is 1.75 bits per heavy atom. The van der Waals surface area contributed by atoms with Gasteiger partial charge in [-0.1, -0.05) is 0 Å². The average molecular weight is 327 g/mol. The molecule has 1 aromatic heterocycles. The van der Waals surface area contributed by atoms with Crippen molar-refractivity contribution in [2.45, 2.75) is 0 Å². The Balaban J connectivity index is 0. The van der Waals surface area contributed by atoms with Gasteiger partial charge in [0.15, 0.2) is 0 Å². The monoisotopic (exact) mass is 325 g/mol. The van der Waals surface area contributed by atoms with E-state index >= 15 is 0 Å². The first-order chi connectivity index (χ1) is 5.04. The topological polar surface area (TPSA) is 76.9 Å². The Labute approximate surface area is 127 Å². The van der Waals surface area contributed by atoms with E-state index in [0.717, 1.165) is 0 Å². The minimum absolute atomic E-state index is 0. The van der Waals surface area contributed by atoms with Gasteiger partial charge >= 0.3 is 68.5 Å². The molecule has 1 heterocycles. The van der Waals surface area contributed by atoms with Gasteiger partial charge in [0, 0.05) is 0 Å². The smallest absolute Gasteiger partial charge is 1.00 e. The predicted octanol–water partition coefficient (Wildman–Crippen LogP) is -3.87. The maximum atomic E-state index is 10.8. The van der Waals surface area contributed by atoms with Gasteiger partial charge in [0.1, 0.15) is 0 Å². The Bertz CT molecular complexity index is 413. The Kier molecular flexibility index (Phi) is 5.45. The van der Waals surface area contributed by atoms with Crippen LogP contribution in [0.25, 0.3) is 0 Å². The first kappa shape index (κ1) is 13.0. The number of nitrogens with one attached hydrogen (secondary N) is 1. The van der Waals surface area contributed by atoms with Crippen molar-refractivity contribution >= 4 is 32.3 Å². The zero-order chi connectivity index (χ0) is 8.59.